The maximum atomic E-state index is 6.10. The van der Waals surface area contributed by atoms with Crippen molar-refractivity contribution in [2.75, 3.05) is 0 Å². The largest absolute Gasteiger partial charge is 0.465 e. The highest BCUT2D eigenvalue weighted by Crippen LogP contribution is 2.56. The fourth-order valence-electron chi connectivity index (χ4n) is 1.95. The lowest BCUT2D eigenvalue weighted by atomic mass is 10.0. The normalized spacial score (nSPS) is 27.2. The van der Waals surface area contributed by atoms with Gasteiger partial charge in [0.25, 0.3) is 0 Å². The van der Waals surface area contributed by atoms with Crippen LogP contribution in [0.25, 0.3) is 0 Å². The van der Waals surface area contributed by atoms with Crippen molar-refractivity contribution in [2.45, 2.75) is 33.2 Å². The summed E-state index contributed by atoms with van der Waals surface area (Å²) in [5.74, 6) is 2.48. The van der Waals surface area contributed by atoms with Crippen molar-refractivity contribution >= 4 is 0 Å². The van der Waals surface area contributed by atoms with E-state index < -0.39 is 0 Å². The number of furan rings is 1. The summed E-state index contributed by atoms with van der Waals surface area (Å²) in [6.07, 6.45) is 1.22. The van der Waals surface area contributed by atoms with E-state index in [-0.39, 0.29) is 6.04 Å². The highest BCUT2D eigenvalue weighted by Gasteiger charge is 2.50. The SMILES string of the molecule is Cc1ccc(C(N)C2CC2(C)C)o1. The van der Waals surface area contributed by atoms with Crippen LogP contribution in [-0.4, -0.2) is 0 Å². The molecule has 1 saturated carbocycles. The summed E-state index contributed by atoms with van der Waals surface area (Å²) in [5, 5.41) is 0. The maximum absolute atomic E-state index is 6.10. The van der Waals surface area contributed by atoms with Gasteiger partial charge in [0, 0.05) is 0 Å². The molecule has 2 unspecified atom stereocenters. The van der Waals surface area contributed by atoms with E-state index in [1.54, 1.807) is 0 Å². The predicted octanol–water partition coefficient (Wildman–Crippen LogP) is 2.63. The lowest BCUT2D eigenvalue weighted by molar-refractivity contribution is 0.395. The quantitative estimate of drug-likeness (QED) is 0.758. The van der Waals surface area contributed by atoms with Crippen molar-refractivity contribution in [3.05, 3.63) is 23.7 Å². The van der Waals surface area contributed by atoms with Gasteiger partial charge in [0.15, 0.2) is 0 Å². The lowest BCUT2D eigenvalue weighted by Gasteiger charge is -2.10. The van der Waals surface area contributed by atoms with Crippen molar-refractivity contribution in [1.29, 1.82) is 0 Å². The van der Waals surface area contributed by atoms with Crippen molar-refractivity contribution in [2.24, 2.45) is 17.1 Å². The van der Waals surface area contributed by atoms with Gasteiger partial charge in [-0.3, -0.25) is 0 Å². The Morgan fingerprint density at radius 3 is 2.54 bits per heavy atom. The van der Waals surface area contributed by atoms with Crippen LogP contribution in [0.3, 0.4) is 0 Å². The molecule has 0 amide bonds. The molecule has 2 atom stereocenters. The molecule has 0 spiro atoms. The number of hydrogen-bond acceptors (Lipinski definition) is 2. The molecule has 0 radical (unpaired) electrons. The predicted molar refractivity (Wildman–Crippen MR) is 52.3 cm³/mol. The number of nitrogens with two attached hydrogens (primary N) is 1. The third kappa shape index (κ3) is 1.51. The second kappa shape index (κ2) is 2.61. The fourth-order valence-corrected chi connectivity index (χ4v) is 1.95. The first-order valence-electron chi connectivity index (χ1n) is 4.82. The Balaban J connectivity index is 2.11. The molecule has 2 heteroatoms. The molecule has 0 aromatic carbocycles. The number of aryl methyl sites for hydroxylation is 1. The van der Waals surface area contributed by atoms with E-state index in [1.165, 1.54) is 6.42 Å². The van der Waals surface area contributed by atoms with Gasteiger partial charge in [0.1, 0.15) is 11.5 Å². The summed E-state index contributed by atoms with van der Waals surface area (Å²) < 4.78 is 5.51. The van der Waals surface area contributed by atoms with Gasteiger partial charge in [0.05, 0.1) is 6.04 Å². The number of rotatable bonds is 2. The summed E-state index contributed by atoms with van der Waals surface area (Å²) >= 11 is 0. The van der Waals surface area contributed by atoms with E-state index in [1.807, 2.05) is 19.1 Å². The molecule has 1 aromatic rings. The Morgan fingerprint density at radius 2 is 2.15 bits per heavy atom. The molecule has 2 nitrogen and oxygen atoms in total. The zero-order valence-corrected chi connectivity index (χ0v) is 8.50. The van der Waals surface area contributed by atoms with Gasteiger partial charge < -0.3 is 10.2 Å². The molecule has 72 valence electrons. The first-order valence-corrected chi connectivity index (χ1v) is 4.82. The number of hydrogen-bond donors (Lipinski definition) is 1. The van der Waals surface area contributed by atoms with E-state index >= 15 is 0 Å². The molecule has 0 bridgehead atoms. The summed E-state index contributed by atoms with van der Waals surface area (Å²) in [5.41, 5.74) is 6.51. The third-order valence-electron chi connectivity index (χ3n) is 3.11. The first-order chi connectivity index (χ1) is 6.00. The second-order valence-corrected chi connectivity index (χ2v) is 4.77. The van der Waals surface area contributed by atoms with Gasteiger partial charge in [0.2, 0.25) is 0 Å². The van der Waals surface area contributed by atoms with E-state index in [2.05, 4.69) is 13.8 Å². The average Bonchev–Trinajstić information content (AvgIpc) is 2.47. The van der Waals surface area contributed by atoms with Crippen molar-refractivity contribution in [1.82, 2.24) is 0 Å². The van der Waals surface area contributed by atoms with Crippen LogP contribution in [0.2, 0.25) is 0 Å². The molecule has 2 rings (SSSR count). The third-order valence-corrected chi connectivity index (χ3v) is 3.11. The Bertz CT molecular complexity index is 314. The molecular formula is C11H17NO. The Morgan fingerprint density at radius 1 is 1.54 bits per heavy atom. The molecule has 0 aliphatic heterocycles. The summed E-state index contributed by atoms with van der Waals surface area (Å²) in [4.78, 5) is 0. The monoisotopic (exact) mass is 179 g/mol. The van der Waals surface area contributed by atoms with Crippen LogP contribution in [0, 0.1) is 18.3 Å². The van der Waals surface area contributed by atoms with Crippen LogP contribution in [0.15, 0.2) is 16.5 Å². The second-order valence-electron chi connectivity index (χ2n) is 4.77. The topological polar surface area (TPSA) is 39.2 Å². The minimum atomic E-state index is 0.0868. The molecule has 13 heavy (non-hydrogen) atoms. The van der Waals surface area contributed by atoms with E-state index in [0.717, 1.165) is 11.5 Å². The zero-order valence-electron chi connectivity index (χ0n) is 8.50. The zero-order chi connectivity index (χ0) is 9.64. The first kappa shape index (κ1) is 8.82. The van der Waals surface area contributed by atoms with Gasteiger partial charge in [-0.15, -0.1) is 0 Å². The maximum Gasteiger partial charge on any atom is 0.121 e. The Kier molecular flexibility index (Phi) is 1.77. The highest BCUT2D eigenvalue weighted by molar-refractivity contribution is 5.15. The van der Waals surface area contributed by atoms with E-state index in [0.29, 0.717) is 11.3 Å². The molecule has 1 heterocycles. The molecule has 1 aromatic heterocycles. The van der Waals surface area contributed by atoms with Crippen LogP contribution >= 0.6 is 0 Å². The molecule has 0 saturated heterocycles. The molecule has 1 aliphatic rings. The van der Waals surface area contributed by atoms with Gasteiger partial charge in [-0.2, -0.15) is 0 Å². The molecule has 1 fully saturated rings. The van der Waals surface area contributed by atoms with Crippen LogP contribution < -0.4 is 5.73 Å². The summed E-state index contributed by atoms with van der Waals surface area (Å²) in [6, 6.07) is 4.06. The molecule has 2 N–H and O–H groups in total. The van der Waals surface area contributed by atoms with Gasteiger partial charge >= 0.3 is 0 Å². The van der Waals surface area contributed by atoms with Gasteiger partial charge in [-0.05, 0) is 36.8 Å². The van der Waals surface area contributed by atoms with Crippen LogP contribution in [-0.2, 0) is 0 Å². The van der Waals surface area contributed by atoms with E-state index in [4.69, 9.17) is 10.2 Å². The fraction of sp³-hybridized carbons (Fsp3) is 0.636. The van der Waals surface area contributed by atoms with Gasteiger partial charge in [-0.25, -0.2) is 0 Å². The smallest absolute Gasteiger partial charge is 0.121 e. The standard InChI is InChI=1S/C11H17NO/c1-7-4-5-9(13-7)10(12)8-6-11(8,2)3/h4-5,8,10H,6,12H2,1-3H3. The van der Waals surface area contributed by atoms with E-state index in [9.17, 15) is 0 Å². The van der Waals surface area contributed by atoms with Gasteiger partial charge in [-0.1, -0.05) is 13.8 Å². The average molecular weight is 179 g/mol. The van der Waals surface area contributed by atoms with Crippen LogP contribution in [0.1, 0.15) is 37.8 Å². The van der Waals surface area contributed by atoms with Crippen molar-refractivity contribution in [3.63, 3.8) is 0 Å². The summed E-state index contributed by atoms with van der Waals surface area (Å²) in [6.45, 7) is 6.47. The minimum Gasteiger partial charge on any atom is -0.465 e. The van der Waals surface area contributed by atoms with Crippen molar-refractivity contribution < 1.29 is 4.42 Å². The Labute approximate surface area is 79.1 Å². The highest BCUT2D eigenvalue weighted by atomic mass is 16.3. The molecular weight excluding hydrogens is 162 g/mol. The lowest BCUT2D eigenvalue weighted by Crippen LogP contribution is -2.14. The summed E-state index contributed by atoms with van der Waals surface area (Å²) in [7, 11) is 0. The van der Waals surface area contributed by atoms with Crippen molar-refractivity contribution in [3.8, 4) is 0 Å². The minimum absolute atomic E-state index is 0.0868. The van der Waals surface area contributed by atoms with Crippen LogP contribution in [0.5, 0.6) is 0 Å². The van der Waals surface area contributed by atoms with Crippen LogP contribution in [0.4, 0.5) is 0 Å². The Hall–Kier alpha value is -0.760. The molecule has 1 aliphatic carbocycles.